The zero-order valence-corrected chi connectivity index (χ0v) is 12.9. The molecule has 1 amide bonds. The zero-order chi connectivity index (χ0) is 17.0. The zero-order valence-electron chi connectivity index (χ0n) is 12.9. The lowest BCUT2D eigenvalue weighted by atomic mass is 10.2. The Morgan fingerprint density at radius 1 is 1.26 bits per heavy atom. The van der Waals surface area contributed by atoms with Crippen molar-refractivity contribution in [2.45, 2.75) is 32.2 Å². The molecule has 128 valence electrons. The minimum atomic E-state index is -4.54. The second-order valence-electron chi connectivity index (χ2n) is 5.53. The van der Waals surface area contributed by atoms with E-state index in [0.717, 1.165) is 18.8 Å². The Morgan fingerprint density at radius 3 is 2.35 bits per heavy atom. The SMILES string of the molecule is CC1CN(c2ccc(NC(=O)OCC(F)(F)F)cc2)CC(C)O1. The summed E-state index contributed by atoms with van der Waals surface area (Å²) in [4.78, 5) is 13.4. The third kappa shape index (κ3) is 5.63. The summed E-state index contributed by atoms with van der Waals surface area (Å²) in [6, 6.07) is 6.83. The number of amides is 1. The fraction of sp³-hybridized carbons (Fsp3) is 0.533. The number of halogens is 3. The molecule has 5 nitrogen and oxygen atoms in total. The van der Waals surface area contributed by atoms with Gasteiger partial charge in [0.25, 0.3) is 0 Å². The molecule has 2 unspecified atom stereocenters. The van der Waals surface area contributed by atoms with Gasteiger partial charge in [-0.05, 0) is 38.1 Å². The number of nitrogens with zero attached hydrogens (tertiary/aromatic N) is 1. The second kappa shape index (κ2) is 7.08. The molecule has 0 radical (unpaired) electrons. The predicted octanol–water partition coefficient (Wildman–Crippen LogP) is 3.41. The van der Waals surface area contributed by atoms with E-state index in [4.69, 9.17) is 4.74 Å². The fourth-order valence-electron chi connectivity index (χ4n) is 2.45. The van der Waals surface area contributed by atoms with Gasteiger partial charge in [-0.25, -0.2) is 4.79 Å². The number of hydrogen-bond acceptors (Lipinski definition) is 4. The first kappa shape index (κ1) is 17.4. The smallest absolute Gasteiger partial charge is 0.422 e. The topological polar surface area (TPSA) is 50.8 Å². The minimum absolute atomic E-state index is 0.119. The van der Waals surface area contributed by atoms with Gasteiger partial charge in [0, 0.05) is 24.5 Å². The maximum Gasteiger partial charge on any atom is 0.422 e. The van der Waals surface area contributed by atoms with E-state index in [1.807, 2.05) is 13.8 Å². The summed E-state index contributed by atoms with van der Waals surface area (Å²) in [6.45, 7) is 3.89. The van der Waals surface area contributed by atoms with Crippen molar-refractivity contribution in [2.24, 2.45) is 0 Å². The van der Waals surface area contributed by atoms with E-state index >= 15 is 0 Å². The molecule has 0 aromatic heterocycles. The first-order chi connectivity index (χ1) is 10.7. The summed E-state index contributed by atoms with van der Waals surface area (Å²) in [5, 5.41) is 2.26. The number of morpholine rings is 1. The number of alkyl halides is 3. The van der Waals surface area contributed by atoms with Gasteiger partial charge in [-0.15, -0.1) is 0 Å². The molecule has 8 heteroatoms. The molecule has 1 aliphatic heterocycles. The number of carbonyl (C=O) groups excluding carboxylic acids is 1. The van der Waals surface area contributed by atoms with E-state index in [9.17, 15) is 18.0 Å². The van der Waals surface area contributed by atoms with Crippen LogP contribution in [0.3, 0.4) is 0 Å². The first-order valence-electron chi connectivity index (χ1n) is 7.24. The van der Waals surface area contributed by atoms with Crippen molar-refractivity contribution >= 4 is 17.5 Å². The van der Waals surface area contributed by atoms with E-state index in [1.54, 1.807) is 24.3 Å². The average molecular weight is 332 g/mol. The van der Waals surface area contributed by atoms with Crippen LogP contribution in [0, 0.1) is 0 Å². The van der Waals surface area contributed by atoms with Gasteiger partial charge in [-0.2, -0.15) is 13.2 Å². The van der Waals surface area contributed by atoms with Crippen LogP contribution in [0.25, 0.3) is 0 Å². The highest BCUT2D eigenvalue weighted by Gasteiger charge is 2.29. The first-order valence-corrected chi connectivity index (χ1v) is 7.24. The van der Waals surface area contributed by atoms with Gasteiger partial charge in [-0.1, -0.05) is 0 Å². The lowest BCUT2D eigenvalue weighted by molar-refractivity contribution is -0.159. The number of carbonyl (C=O) groups is 1. The molecule has 1 aromatic carbocycles. The highest BCUT2D eigenvalue weighted by molar-refractivity contribution is 5.84. The molecular weight excluding hydrogens is 313 g/mol. The third-order valence-electron chi connectivity index (χ3n) is 3.27. The van der Waals surface area contributed by atoms with Crippen LogP contribution in [0.5, 0.6) is 0 Å². The molecule has 1 fully saturated rings. The molecule has 2 rings (SSSR count). The molecule has 0 aliphatic carbocycles. The molecule has 0 bridgehead atoms. The Kier molecular flexibility index (Phi) is 5.35. The van der Waals surface area contributed by atoms with Crippen molar-refractivity contribution in [1.29, 1.82) is 0 Å². The van der Waals surface area contributed by atoms with Crippen LogP contribution in [-0.4, -0.2) is 44.2 Å². The molecule has 23 heavy (non-hydrogen) atoms. The fourth-order valence-corrected chi connectivity index (χ4v) is 2.45. The Bertz CT molecular complexity index is 524. The summed E-state index contributed by atoms with van der Waals surface area (Å²) >= 11 is 0. The molecule has 2 atom stereocenters. The highest BCUT2D eigenvalue weighted by Crippen LogP contribution is 2.22. The van der Waals surface area contributed by atoms with Crippen LogP contribution in [0.15, 0.2) is 24.3 Å². The van der Waals surface area contributed by atoms with Crippen LogP contribution in [0.1, 0.15) is 13.8 Å². The molecule has 1 saturated heterocycles. The summed E-state index contributed by atoms with van der Waals surface area (Å²) in [6.07, 6.45) is -5.43. The van der Waals surface area contributed by atoms with E-state index in [0.29, 0.717) is 5.69 Å². The van der Waals surface area contributed by atoms with E-state index in [-0.39, 0.29) is 12.2 Å². The minimum Gasteiger partial charge on any atom is -0.440 e. The maximum absolute atomic E-state index is 12.0. The van der Waals surface area contributed by atoms with Crippen molar-refractivity contribution in [3.63, 3.8) is 0 Å². The monoisotopic (exact) mass is 332 g/mol. The van der Waals surface area contributed by atoms with Crippen molar-refractivity contribution in [2.75, 3.05) is 29.9 Å². The Labute approximate surface area is 132 Å². The molecule has 0 spiro atoms. The van der Waals surface area contributed by atoms with Crippen LogP contribution < -0.4 is 10.2 Å². The number of benzene rings is 1. The normalized spacial score (nSPS) is 21.9. The highest BCUT2D eigenvalue weighted by atomic mass is 19.4. The maximum atomic E-state index is 12.0. The Balaban J connectivity index is 1.90. The van der Waals surface area contributed by atoms with Gasteiger partial charge in [0.2, 0.25) is 0 Å². The van der Waals surface area contributed by atoms with Gasteiger partial charge < -0.3 is 14.4 Å². The Morgan fingerprint density at radius 2 is 1.83 bits per heavy atom. The molecule has 0 saturated carbocycles. The lowest BCUT2D eigenvalue weighted by Gasteiger charge is -2.36. The Hall–Kier alpha value is -1.96. The molecule has 1 aliphatic rings. The van der Waals surface area contributed by atoms with Gasteiger partial charge in [0.1, 0.15) is 0 Å². The van der Waals surface area contributed by atoms with Gasteiger partial charge in [0.15, 0.2) is 6.61 Å². The summed E-state index contributed by atoms with van der Waals surface area (Å²) < 4.78 is 45.6. The lowest BCUT2D eigenvalue weighted by Crippen LogP contribution is -2.45. The van der Waals surface area contributed by atoms with Crippen molar-refractivity contribution in [1.82, 2.24) is 0 Å². The van der Waals surface area contributed by atoms with Crippen molar-refractivity contribution < 1.29 is 27.4 Å². The van der Waals surface area contributed by atoms with Crippen molar-refractivity contribution in [3.8, 4) is 0 Å². The summed E-state index contributed by atoms with van der Waals surface area (Å²) in [5.74, 6) is 0. The van der Waals surface area contributed by atoms with Gasteiger partial charge in [0.05, 0.1) is 12.2 Å². The predicted molar refractivity (Wildman–Crippen MR) is 79.7 cm³/mol. The van der Waals surface area contributed by atoms with Crippen molar-refractivity contribution in [3.05, 3.63) is 24.3 Å². The standard InChI is InChI=1S/C15H19F3N2O3/c1-10-7-20(8-11(2)23-10)13-5-3-12(4-6-13)19-14(21)22-9-15(16,17)18/h3-6,10-11H,7-9H2,1-2H3,(H,19,21). The number of ether oxygens (including phenoxy) is 2. The van der Waals surface area contributed by atoms with Gasteiger partial charge in [-0.3, -0.25) is 5.32 Å². The largest absolute Gasteiger partial charge is 0.440 e. The molecular formula is C15H19F3N2O3. The number of hydrogen-bond donors (Lipinski definition) is 1. The van der Waals surface area contributed by atoms with Gasteiger partial charge >= 0.3 is 12.3 Å². The summed E-state index contributed by atoms with van der Waals surface area (Å²) in [7, 11) is 0. The number of anilines is 2. The average Bonchev–Trinajstić information content (AvgIpc) is 2.44. The molecule has 1 heterocycles. The van der Waals surface area contributed by atoms with Crippen LogP contribution in [0.2, 0.25) is 0 Å². The number of nitrogens with one attached hydrogen (secondary N) is 1. The summed E-state index contributed by atoms with van der Waals surface area (Å²) in [5.41, 5.74) is 1.33. The third-order valence-corrected chi connectivity index (χ3v) is 3.27. The van der Waals surface area contributed by atoms with Crippen LogP contribution in [-0.2, 0) is 9.47 Å². The molecule has 1 aromatic rings. The molecule has 1 N–H and O–H groups in total. The number of rotatable bonds is 3. The second-order valence-corrected chi connectivity index (χ2v) is 5.53. The van der Waals surface area contributed by atoms with E-state index < -0.39 is 18.9 Å². The van der Waals surface area contributed by atoms with Crippen LogP contribution in [0.4, 0.5) is 29.3 Å². The quantitative estimate of drug-likeness (QED) is 0.922. The van der Waals surface area contributed by atoms with E-state index in [1.165, 1.54) is 0 Å². The van der Waals surface area contributed by atoms with E-state index in [2.05, 4.69) is 15.0 Å². The van der Waals surface area contributed by atoms with Crippen LogP contribution >= 0.6 is 0 Å².